The van der Waals surface area contributed by atoms with E-state index in [9.17, 15) is 24.0 Å². The number of aryl methyl sites for hydroxylation is 11. The smallest absolute Gasteiger partial charge is 0.338 e. The van der Waals surface area contributed by atoms with Crippen molar-refractivity contribution < 1.29 is 38.0 Å². The standard InChI is InChI=1S/C11H14N4.C11H13N3O.C10H13NO2.C9H10BrNO2.C9H12N6.3C9H12N2O.3C8H13N3/c1-7-4-9(5-10(12-3)14-7)11-13-6-8(2)15-11;1-7-11(8(2)15-14-7)9-4-5-13-10(6-9)12-3;1-4-9-6-8(10(12)13-3)5-7(2)11-9;1-3-7-4-6(9(12)13-2)5-8(10)11-7;1-6-4-7(5-8(10-2)11-6)9-12-13-14-15(9)3;3*1-10-8-5-3-4-7(6-8)9(12)11-2;3*1-9-8-5-7(6-3-4-6)10-11(8)2/h4-5H,6H2,1-3H3,(H,12,14);4-6H,1-3H3,(H,12,13);5-6H,4H2,1-3H3;4-5H,3H2,1-2H3;4-5H,1-3H3,(H,10,11);3*3-6,10H,1-2H3,(H,11,12);3*5-6,9H,3-4H2,1-2H3. The van der Waals surface area contributed by atoms with E-state index >= 15 is 0 Å². The third-order valence-corrected chi connectivity index (χ3v) is 21.8. The highest BCUT2D eigenvalue weighted by Gasteiger charge is 2.29. The van der Waals surface area contributed by atoms with E-state index in [0.717, 1.165) is 162 Å². The number of amidine groups is 1. The van der Waals surface area contributed by atoms with Gasteiger partial charge in [-0.15, -0.1) is 5.10 Å². The van der Waals surface area contributed by atoms with Crippen molar-refractivity contribution in [3.05, 3.63) is 253 Å². The van der Waals surface area contributed by atoms with E-state index in [1.54, 1.807) is 92.7 Å². The van der Waals surface area contributed by atoms with Gasteiger partial charge in [0.25, 0.3) is 17.7 Å². The van der Waals surface area contributed by atoms with Crippen molar-refractivity contribution in [1.29, 1.82) is 0 Å². The summed E-state index contributed by atoms with van der Waals surface area (Å²) in [5.41, 5.74) is 20.3. The second-order valence-electron chi connectivity index (χ2n) is 32.1. The Bertz CT molecular complexity index is 5880. The maximum atomic E-state index is 11.2. The summed E-state index contributed by atoms with van der Waals surface area (Å²) in [6.07, 6.45) is 11.3. The van der Waals surface area contributed by atoms with E-state index < -0.39 is 0 Å². The highest BCUT2D eigenvalue weighted by Crippen LogP contribution is 2.42. The number of aliphatic imine (C=N–C) groups is 2. The van der Waals surface area contributed by atoms with E-state index in [2.05, 4.69) is 178 Å². The lowest BCUT2D eigenvalue weighted by molar-refractivity contribution is 0.0591. The number of hydrogen-bond acceptors (Lipinski definition) is 31. The van der Waals surface area contributed by atoms with Crippen LogP contribution in [0.5, 0.6) is 0 Å². The zero-order valence-corrected chi connectivity index (χ0v) is 86.9. The number of esters is 2. The van der Waals surface area contributed by atoms with Gasteiger partial charge in [-0.05, 0) is 240 Å². The fourth-order valence-electron chi connectivity index (χ4n) is 13.4. The molecule has 140 heavy (non-hydrogen) atoms. The molecular weight excluding hydrogens is 1840 g/mol. The maximum absolute atomic E-state index is 11.2. The zero-order valence-electron chi connectivity index (χ0n) is 85.3. The van der Waals surface area contributed by atoms with Gasteiger partial charge in [0.15, 0.2) is 11.7 Å². The van der Waals surface area contributed by atoms with Crippen LogP contribution in [0.3, 0.4) is 0 Å². The first-order valence-electron chi connectivity index (χ1n) is 45.9. The van der Waals surface area contributed by atoms with Gasteiger partial charge >= 0.3 is 11.9 Å². The molecule has 0 spiro atoms. The van der Waals surface area contributed by atoms with Crippen LogP contribution in [-0.2, 0) is 50.5 Å². The van der Waals surface area contributed by atoms with E-state index in [1.807, 2.05) is 234 Å². The highest BCUT2D eigenvalue weighted by molar-refractivity contribution is 9.10. The van der Waals surface area contributed by atoms with Crippen LogP contribution in [0.15, 0.2) is 177 Å². The molecule has 746 valence electrons. The number of carbonyl (C=O) groups is 5. The highest BCUT2D eigenvalue weighted by atomic mass is 79.9. The first-order chi connectivity index (χ1) is 67.2. The number of amides is 3. The van der Waals surface area contributed by atoms with Gasteiger partial charge in [-0.2, -0.15) is 15.3 Å². The molecule has 0 saturated heterocycles. The normalized spacial score (nSPS) is 12.0. The summed E-state index contributed by atoms with van der Waals surface area (Å²) in [4.78, 5) is 85.8. The SMILES string of the molecule is CCc1cc(C(=O)OC)cc(Br)n1.CCc1cc(C(=O)OC)cc(C)n1.CNC(=O)c1cccc(NC)c1.CNC(=O)c1cccc(NC)c1.CNC(=O)c1cccc(NC)c1.CNc1cc(-c2c(C)noc2C)ccn1.CNc1cc(-c2nnnn2C)cc(C)n1.CNc1cc(C2=NCC(C)=N2)cc(C)n1.CNc1cc(C2CC2)nn1C.CNc1cc(C2CC2)nn1C.CNc1cc(C2CC2)nn1C. The van der Waals surface area contributed by atoms with Crippen LogP contribution < -0.4 is 63.8 Å². The summed E-state index contributed by atoms with van der Waals surface area (Å²) in [5, 5.41) is 63.4. The zero-order chi connectivity index (χ0) is 103. The van der Waals surface area contributed by atoms with Crippen LogP contribution >= 0.6 is 15.9 Å². The summed E-state index contributed by atoms with van der Waals surface area (Å²) in [5.74, 6) is 9.63. The predicted molar refractivity (Wildman–Crippen MR) is 563 cm³/mol. The molecule has 0 bridgehead atoms. The second-order valence-corrected chi connectivity index (χ2v) is 33.0. The summed E-state index contributed by atoms with van der Waals surface area (Å²) in [7, 11) is 32.1. The second kappa shape index (κ2) is 57.0. The van der Waals surface area contributed by atoms with Crippen LogP contribution in [0.2, 0.25) is 0 Å². The van der Waals surface area contributed by atoms with Crippen molar-refractivity contribution in [2.75, 3.05) is 153 Å². The van der Waals surface area contributed by atoms with Crippen molar-refractivity contribution in [2.45, 2.75) is 125 Å². The van der Waals surface area contributed by atoms with E-state index in [-0.39, 0.29) is 29.7 Å². The largest absolute Gasteiger partial charge is 0.465 e. The third kappa shape index (κ3) is 35.7. The van der Waals surface area contributed by atoms with Crippen molar-refractivity contribution in [3.8, 4) is 22.5 Å². The molecule has 10 aromatic heterocycles. The Morgan fingerprint density at radius 1 is 0.429 bits per heavy atom. The summed E-state index contributed by atoms with van der Waals surface area (Å²) in [6.45, 7) is 16.3. The predicted octanol–water partition coefficient (Wildman–Crippen LogP) is 15.9. The lowest BCUT2D eigenvalue weighted by atomic mass is 10.1. The van der Waals surface area contributed by atoms with Gasteiger partial charge < -0.3 is 77.8 Å². The van der Waals surface area contributed by atoms with Crippen LogP contribution in [-0.4, -0.2) is 226 Å². The molecule has 38 nitrogen and oxygen atoms in total. The third-order valence-electron chi connectivity index (χ3n) is 21.4. The Kier molecular flexibility index (Phi) is 45.5. The maximum Gasteiger partial charge on any atom is 0.338 e. The number of hydrogen-bond donors (Lipinski definition) is 12. The number of halogens is 1. The number of nitrogens with one attached hydrogen (secondary N) is 12. The number of anilines is 9. The number of tetrazole rings is 1. The fraction of sp³-hybridized carbons (Fsp3) is 0.376. The quantitative estimate of drug-likeness (QED) is 0.0221. The monoisotopic (exact) mass is 1980 g/mol. The van der Waals surface area contributed by atoms with Crippen LogP contribution in [0.1, 0.15) is 191 Å². The van der Waals surface area contributed by atoms with Gasteiger partial charge in [0.05, 0.1) is 54.7 Å². The molecule has 12 N–H and O–H groups in total. The van der Waals surface area contributed by atoms with Crippen molar-refractivity contribution in [1.82, 2.24) is 95.6 Å². The van der Waals surface area contributed by atoms with Gasteiger partial charge in [-0.25, -0.2) is 39.2 Å². The summed E-state index contributed by atoms with van der Waals surface area (Å²) >= 11 is 3.23. The van der Waals surface area contributed by atoms with Crippen LogP contribution in [0.25, 0.3) is 22.5 Å². The topological polar surface area (TPSA) is 460 Å². The van der Waals surface area contributed by atoms with Gasteiger partial charge in [0.1, 0.15) is 45.3 Å². The first kappa shape index (κ1) is 112. The average Bonchev–Trinajstić information content (AvgIpc) is 1.68. The number of nitrogens with zero attached hydrogens (tertiary/aromatic N) is 18. The van der Waals surface area contributed by atoms with E-state index in [4.69, 9.17) is 4.52 Å². The van der Waals surface area contributed by atoms with E-state index in [0.29, 0.717) is 39.0 Å². The van der Waals surface area contributed by atoms with Gasteiger partial charge in [-0.3, -0.25) is 38.4 Å². The van der Waals surface area contributed by atoms with Gasteiger partial charge in [0, 0.05) is 240 Å². The van der Waals surface area contributed by atoms with Crippen molar-refractivity contribution in [2.24, 2.45) is 38.2 Å². The van der Waals surface area contributed by atoms with Gasteiger partial charge in [0.2, 0.25) is 0 Å². The van der Waals surface area contributed by atoms with Crippen molar-refractivity contribution >= 4 is 109 Å². The molecule has 39 heteroatoms. The summed E-state index contributed by atoms with van der Waals surface area (Å²) < 4.78 is 22.3. The Morgan fingerprint density at radius 3 is 1.17 bits per heavy atom. The molecule has 0 unspecified atom stereocenters. The number of pyridine rings is 5. The van der Waals surface area contributed by atoms with Crippen LogP contribution in [0, 0.1) is 34.6 Å². The molecule has 3 aromatic carbocycles. The molecule has 11 heterocycles. The molecule has 3 amide bonds. The fourth-order valence-corrected chi connectivity index (χ4v) is 13.9. The van der Waals surface area contributed by atoms with Crippen molar-refractivity contribution in [3.63, 3.8) is 0 Å². The number of benzene rings is 3. The van der Waals surface area contributed by atoms with Gasteiger partial charge in [-0.1, -0.05) is 37.2 Å². The number of carbonyl (C=O) groups excluding carboxylic acids is 5. The Labute approximate surface area is 829 Å². The lowest BCUT2D eigenvalue weighted by Gasteiger charge is -2.04. The Balaban J connectivity index is 0.000000210. The molecule has 0 atom stereocenters. The average molecular weight is 1980 g/mol. The molecule has 3 saturated carbocycles. The number of aromatic nitrogens is 16. The molecule has 1 aliphatic heterocycles. The minimum Gasteiger partial charge on any atom is -0.465 e. The lowest BCUT2D eigenvalue weighted by Crippen LogP contribution is -2.17. The molecular formula is C101H137BrN30O8. The number of ether oxygens (including phenoxy) is 2. The molecule has 3 aliphatic carbocycles. The molecule has 17 rings (SSSR count). The first-order valence-corrected chi connectivity index (χ1v) is 46.7. The minimum absolute atomic E-state index is 0.0629. The van der Waals surface area contributed by atoms with E-state index in [1.165, 1.54) is 69.8 Å². The Hall–Kier alpha value is -15.3. The molecule has 13 aromatic rings. The molecule has 3 fully saturated rings. The summed E-state index contributed by atoms with van der Waals surface area (Å²) in [6, 6.07) is 47.0. The Morgan fingerprint density at radius 2 is 0.829 bits per heavy atom. The molecule has 4 aliphatic rings. The minimum atomic E-state index is -0.335. The number of rotatable bonds is 22. The number of methoxy groups -OCH3 is 2. The van der Waals surface area contributed by atoms with Crippen LogP contribution in [0.4, 0.5) is 52.0 Å². The molecule has 0 radical (unpaired) electrons.